The summed E-state index contributed by atoms with van der Waals surface area (Å²) in [5.41, 5.74) is 0.648. The molecule has 1 aromatic heterocycles. The second-order valence-electron chi connectivity index (χ2n) is 7.14. The molecule has 0 saturated carbocycles. The first kappa shape index (κ1) is 20.0. The van der Waals surface area contributed by atoms with E-state index in [4.69, 9.17) is 5.11 Å². The highest BCUT2D eigenvalue weighted by atomic mass is 19.4. The Labute approximate surface area is 150 Å². The molecule has 1 aromatic carbocycles. The van der Waals surface area contributed by atoms with Gasteiger partial charge in [0.25, 0.3) is 0 Å². The second kappa shape index (κ2) is 7.49. The molecule has 0 spiro atoms. The molecule has 3 N–H and O–H groups in total. The number of nitrogens with zero attached hydrogens (tertiary/aromatic N) is 2. The molecule has 2 aromatic rings. The lowest BCUT2D eigenvalue weighted by molar-refractivity contribution is -0.141. The Morgan fingerprint density at radius 2 is 1.69 bits per heavy atom. The van der Waals surface area contributed by atoms with Crippen molar-refractivity contribution in [3.63, 3.8) is 0 Å². The van der Waals surface area contributed by atoms with Crippen LogP contribution in [0.1, 0.15) is 39.0 Å². The Hall–Kier alpha value is -2.35. The van der Waals surface area contributed by atoms with E-state index in [9.17, 15) is 13.2 Å². The van der Waals surface area contributed by atoms with E-state index < -0.39 is 17.9 Å². The summed E-state index contributed by atoms with van der Waals surface area (Å²) in [7, 11) is 0. The number of halogens is 3. The van der Waals surface area contributed by atoms with Gasteiger partial charge in [0, 0.05) is 17.8 Å². The van der Waals surface area contributed by atoms with Crippen LogP contribution in [0.25, 0.3) is 0 Å². The third-order valence-electron chi connectivity index (χ3n) is 3.69. The molecule has 0 radical (unpaired) electrons. The number of nitrogens with one attached hydrogen (secondary N) is 2. The number of anilines is 3. The minimum Gasteiger partial charge on any atom is -0.394 e. The number of aliphatic hydroxyl groups excluding tert-OH is 1. The van der Waals surface area contributed by atoms with Crippen molar-refractivity contribution in [3.05, 3.63) is 41.6 Å². The standard InChI is InChI=1S/C18H23F3N4O/c1-11(10-26)22-16-24-14(18(19,20)21)9-15(25-16)23-13-7-5-12(6-8-13)17(2,3)4/h5-9,11,26H,10H2,1-4H3,(H2,22,23,24,25)/t11-/m1/s1. The lowest BCUT2D eigenvalue weighted by atomic mass is 9.87. The van der Waals surface area contributed by atoms with Gasteiger partial charge in [-0.05, 0) is 30.0 Å². The van der Waals surface area contributed by atoms with Gasteiger partial charge in [0.2, 0.25) is 5.95 Å². The third-order valence-corrected chi connectivity index (χ3v) is 3.69. The minimum absolute atomic E-state index is 0.0171. The van der Waals surface area contributed by atoms with Crippen LogP contribution in [0.3, 0.4) is 0 Å². The maximum atomic E-state index is 13.1. The van der Waals surface area contributed by atoms with Gasteiger partial charge in [0.1, 0.15) is 5.82 Å². The smallest absolute Gasteiger partial charge is 0.394 e. The number of aromatic nitrogens is 2. The lowest BCUT2D eigenvalue weighted by Gasteiger charge is -2.19. The molecule has 0 fully saturated rings. The van der Waals surface area contributed by atoms with Gasteiger partial charge in [0.15, 0.2) is 5.69 Å². The van der Waals surface area contributed by atoms with Crippen molar-refractivity contribution in [3.8, 4) is 0 Å². The number of aliphatic hydroxyl groups is 1. The Bertz CT molecular complexity index is 740. The molecule has 0 bridgehead atoms. The highest BCUT2D eigenvalue weighted by Crippen LogP contribution is 2.31. The molecule has 1 atom stereocenters. The van der Waals surface area contributed by atoms with Gasteiger partial charge in [-0.2, -0.15) is 18.2 Å². The van der Waals surface area contributed by atoms with E-state index in [0.29, 0.717) is 5.69 Å². The average molecular weight is 368 g/mol. The highest BCUT2D eigenvalue weighted by molar-refractivity contribution is 5.58. The fraction of sp³-hybridized carbons (Fsp3) is 0.444. The van der Waals surface area contributed by atoms with E-state index >= 15 is 0 Å². The maximum absolute atomic E-state index is 13.1. The van der Waals surface area contributed by atoms with Gasteiger partial charge in [-0.3, -0.25) is 0 Å². The molecule has 1 heterocycles. The van der Waals surface area contributed by atoms with Gasteiger partial charge in [-0.1, -0.05) is 32.9 Å². The summed E-state index contributed by atoms with van der Waals surface area (Å²) in [4.78, 5) is 7.54. The summed E-state index contributed by atoms with van der Waals surface area (Å²) in [5.74, 6) is -0.182. The Morgan fingerprint density at radius 1 is 1.08 bits per heavy atom. The Kier molecular flexibility index (Phi) is 5.75. The fourth-order valence-corrected chi connectivity index (χ4v) is 2.19. The van der Waals surface area contributed by atoms with Crippen molar-refractivity contribution in [2.24, 2.45) is 0 Å². The van der Waals surface area contributed by atoms with E-state index in [1.165, 1.54) is 0 Å². The molecular weight excluding hydrogens is 345 g/mol. The summed E-state index contributed by atoms with van der Waals surface area (Å²) >= 11 is 0. The van der Waals surface area contributed by atoms with Gasteiger partial charge in [0.05, 0.1) is 6.61 Å². The predicted octanol–water partition coefficient (Wildman–Crippen LogP) is 4.33. The van der Waals surface area contributed by atoms with Crippen molar-refractivity contribution in [1.82, 2.24) is 9.97 Å². The van der Waals surface area contributed by atoms with Crippen LogP contribution in [-0.4, -0.2) is 27.7 Å². The second-order valence-corrected chi connectivity index (χ2v) is 7.14. The molecule has 8 heteroatoms. The minimum atomic E-state index is -4.60. The summed E-state index contributed by atoms with van der Waals surface area (Å²) in [5, 5.41) is 14.6. The molecule has 142 valence electrons. The first-order chi connectivity index (χ1) is 12.0. The van der Waals surface area contributed by atoms with Crippen LogP contribution in [0.2, 0.25) is 0 Å². The number of hydrogen-bond donors (Lipinski definition) is 3. The predicted molar refractivity (Wildman–Crippen MR) is 95.6 cm³/mol. The summed E-state index contributed by atoms with van der Waals surface area (Å²) in [6.45, 7) is 7.60. The topological polar surface area (TPSA) is 70.1 Å². The normalized spacial score (nSPS) is 13.4. The van der Waals surface area contributed by atoms with Gasteiger partial charge >= 0.3 is 6.18 Å². The molecule has 0 aliphatic carbocycles. The van der Waals surface area contributed by atoms with E-state index in [1.807, 2.05) is 12.1 Å². The van der Waals surface area contributed by atoms with E-state index in [-0.39, 0.29) is 23.8 Å². The van der Waals surface area contributed by atoms with Crippen LogP contribution in [0.4, 0.5) is 30.6 Å². The van der Waals surface area contributed by atoms with Crippen LogP contribution >= 0.6 is 0 Å². The number of hydrogen-bond acceptors (Lipinski definition) is 5. The van der Waals surface area contributed by atoms with Crippen LogP contribution < -0.4 is 10.6 Å². The molecule has 2 rings (SSSR count). The fourth-order valence-electron chi connectivity index (χ4n) is 2.19. The zero-order valence-electron chi connectivity index (χ0n) is 15.1. The quantitative estimate of drug-likeness (QED) is 0.733. The SMILES string of the molecule is C[C@H](CO)Nc1nc(Nc2ccc(C(C)(C)C)cc2)cc(C(F)(F)F)n1. The summed E-state index contributed by atoms with van der Waals surface area (Å²) < 4.78 is 39.3. The van der Waals surface area contributed by atoms with Crippen LogP contribution in [0, 0.1) is 0 Å². The molecular formula is C18H23F3N4O. The number of benzene rings is 1. The van der Waals surface area contributed by atoms with Crippen molar-refractivity contribution in [1.29, 1.82) is 0 Å². The van der Waals surface area contributed by atoms with Gasteiger partial charge in [-0.15, -0.1) is 0 Å². The van der Waals surface area contributed by atoms with E-state index in [2.05, 4.69) is 41.4 Å². The first-order valence-corrected chi connectivity index (χ1v) is 8.20. The first-order valence-electron chi connectivity index (χ1n) is 8.20. The zero-order valence-corrected chi connectivity index (χ0v) is 15.1. The van der Waals surface area contributed by atoms with E-state index in [0.717, 1.165) is 11.6 Å². The van der Waals surface area contributed by atoms with E-state index in [1.54, 1.807) is 19.1 Å². The lowest BCUT2D eigenvalue weighted by Crippen LogP contribution is -2.22. The summed E-state index contributed by atoms with van der Waals surface area (Å²) in [6, 6.07) is 7.80. The van der Waals surface area contributed by atoms with Crippen molar-refractivity contribution in [2.45, 2.75) is 45.3 Å². The van der Waals surface area contributed by atoms with Crippen LogP contribution in [-0.2, 0) is 11.6 Å². The van der Waals surface area contributed by atoms with Crippen LogP contribution in [0.5, 0.6) is 0 Å². The number of alkyl halides is 3. The van der Waals surface area contributed by atoms with Crippen molar-refractivity contribution < 1.29 is 18.3 Å². The Morgan fingerprint density at radius 3 is 2.19 bits per heavy atom. The molecule has 0 amide bonds. The monoisotopic (exact) mass is 368 g/mol. The third kappa shape index (κ3) is 5.32. The van der Waals surface area contributed by atoms with Gasteiger partial charge < -0.3 is 15.7 Å². The Balaban J connectivity index is 2.31. The molecule has 0 aliphatic heterocycles. The molecule has 0 unspecified atom stereocenters. The van der Waals surface area contributed by atoms with Gasteiger partial charge in [-0.25, -0.2) is 4.98 Å². The average Bonchev–Trinajstić information content (AvgIpc) is 2.53. The van der Waals surface area contributed by atoms with Crippen molar-refractivity contribution in [2.75, 3.05) is 17.2 Å². The summed E-state index contributed by atoms with van der Waals surface area (Å²) in [6.07, 6.45) is -4.60. The van der Waals surface area contributed by atoms with Crippen molar-refractivity contribution >= 4 is 17.5 Å². The highest BCUT2D eigenvalue weighted by Gasteiger charge is 2.34. The zero-order chi connectivity index (χ0) is 19.5. The molecule has 0 saturated heterocycles. The van der Waals surface area contributed by atoms with Crippen LogP contribution in [0.15, 0.2) is 30.3 Å². The largest absolute Gasteiger partial charge is 0.433 e. The molecule has 0 aliphatic rings. The number of rotatable bonds is 5. The maximum Gasteiger partial charge on any atom is 0.433 e. The molecule has 26 heavy (non-hydrogen) atoms. The molecule has 5 nitrogen and oxygen atoms in total.